The van der Waals surface area contributed by atoms with Crippen molar-refractivity contribution < 1.29 is 4.79 Å². The molecule has 0 aliphatic carbocycles. The van der Waals surface area contributed by atoms with Crippen molar-refractivity contribution in [1.82, 2.24) is 10.3 Å². The molecule has 0 bridgehead atoms. The fourth-order valence-corrected chi connectivity index (χ4v) is 1.67. The van der Waals surface area contributed by atoms with Gasteiger partial charge < -0.3 is 10.7 Å². The van der Waals surface area contributed by atoms with E-state index in [-0.39, 0.29) is 11.6 Å². The number of nitrogen functional groups attached to an aromatic ring is 1. The molecule has 4 N–H and O–H groups in total. The monoisotopic (exact) mass is 267 g/mol. The molecule has 0 radical (unpaired) electrons. The Morgan fingerprint density at radius 1 is 1.35 bits per heavy atom. The van der Waals surface area contributed by atoms with Crippen LogP contribution in [0.1, 0.15) is 21.6 Å². The van der Waals surface area contributed by atoms with Gasteiger partial charge in [0.2, 0.25) is 0 Å². The van der Waals surface area contributed by atoms with Crippen LogP contribution in [0.2, 0.25) is 0 Å². The van der Waals surface area contributed by atoms with Crippen LogP contribution in [0.3, 0.4) is 0 Å². The van der Waals surface area contributed by atoms with E-state index in [4.69, 9.17) is 11.1 Å². The molecular formula is C14H13N5O. The molecule has 6 heteroatoms. The second-order valence-electron chi connectivity index (χ2n) is 4.07. The summed E-state index contributed by atoms with van der Waals surface area (Å²) in [7, 11) is 0. The highest BCUT2D eigenvalue weighted by atomic mass is 16.1. The molecule has 0 saturated heterocycles. The number of rotatable bonds is 4. The van der Waals surface area contributed by atoms with E-state index in [1.54, 1.807) is 30.3 Å². The summed E-state index contributed by atoms with van der Waals surface area (Å²) in [5.74, 6) is 4.97. The molecule has 20 heavy (non-hydrogen) atoms. The zero-order valence-corrected chi connectivity index (χ0v) is 10.6. The molecule has 0 aliphatic heterocycles. The summed E-state index contributed by atoms with van der Waals surface area (Å²) in [6.07, 6.45) is 1.50. The third-order valence-corrected chi connectivity index (χ3v) is 2.67. The molecule has 0 aliphatic rings. The average molecular weight is 267 g/mol. The van der Waals surface area contributed by atoms with Crippen LogP contribution in [-0.2, 0) is 6.54 Å². The number of aromatic nitrogens is 1. The van der Waals surface area contributed by atoms with E-state index in [9.17, 15) is 4.79 Å². The molecule has 2 aromatic rings. The number of carbonyl (C=O) groups is 1. The van der Waals surface area contributed by atoms with Gasteiger partial charge in [0.15, 0.2) is 0 Å². The SMILES string of the molecule is N#Cc1cccc(CNC(=O)c2cc(NN)ccn2)c1. The lowest BCUT2D eigenvalue weighted by Gasteiger charge is -2.06. The predicted molar refractivity (Wildman–Crippen MR) is 74.4 cm³/mol. The Balaban J connectivity index is 2.03. The molecular weight excluding hydrogens is 254 g/mol. The molecule has 0 fully saturated rings. The lowest BCUT2D eigenvalue weighted by molar-refractivity contribution is 0.0946. The molecule has 6 nitrogen and oxygen atoms in total. The fourth-order valence-electron chi connectivity index (χ4n) is 1.67. The van der Waals surface area contributed by atoms with Gasteiger partial charge in [-0.2, -0.15) is 5.26 Å². The van der Waals surface area contributed by atoms with Crippen LogP contribution in [0, 0.1) is 11.3 Å². The minimum atomic E-state index is -0.301. The molecule has 1 aromatic carbocycles. The van der Waals surface area contributed by atoms with Gasteiger partial charge in [0.05, 0.1) is 17.3 Å². The molecule has 0 spiro atoms. The number of benzene rings is 1. The first-order valence-electron chi connectivity index (χ1n) is 5.93. The average Bonchev–Trinajstić information content (AvgIpc) is 2.52. The van der Waals surface area contributed by atoms with Crippen LogP contribution in [-0.4, -0.2) is 10.9 Å². The number of hydrazine groups is 1. The number of nitriles is 1. The van der Waals surface area contributed by atoms with Crippen molar-refractivity contribution in [2.24, 2.45) is 5.84 Å². The van der Waals surface area contributed by atoms with Gasteiger partial charge in [0.1, 0.15) is 5.69 Å². The van der Waals surface area contributed by atoms with E-state index in [2.05, 4.69) is 21.8 Å². The van der Waals surface area contributed by atoms with E-state index < -0.39 is 0 Å². The number of nitrogens with two attached hydrogens (primary N) is 1. The fraction of sp³-hybridized carbons (Fsp3) is 0.0714. The molecule has 1 heterocycles. The highest BCUT2D eigenvalue weighted by molar-refractivity contribution is 5.93. The van der Waals surface area contributed by atoms with Gasteiger partial charge in [-0.3, -0.25) is 15.6 Å². The van der Waals surface area contributed by atoms with Crippen molar-refractivity contribution in [2.75, 3.05) is 5.43 Å². The number of pyridine rings is 1. The van der Waals surface area contributed by atoms with Crippen molar-refractivity contribution in [1.29, 1.82) is 5.26 Å². The number of hydrogen-bond acceptors (Lipinski definition) is 5. The minimum Gasteiger partial charge on any atom is -0.347 e. The van der Waals surface area contributed by atoms with Gasteiger partial charge in [-0.1, -0.05) is 12.1 Å². The highest BCUT2D eigenvalue weighted by Crippen LogP contribution is 2.07. The maximum absolute atomic E-state index is 11.9. The Morgan fingerprint density at radius 3 is 2.95 bits per heavy atom. The number of anilines is 1. The summed E-state index contributed by atoms with van der Waals surface area (Å²) in [6.45, 7) is 0.330. The van der Waals surface area contributed by atoms with Gasteiger partial charge >= 0.3 is 0 Å². The van der Waals surface area contributed by atoms with Gasteiger partial charge in [-0.15, -0.1) is 0 Å². The van der Waals surface area contributed by atoms with Gasteiger partial charge in [-0.05, 0) is 29.8 Å². The van der Waals surface area contributed by atoms with Crippen LogP contribution in [0.5, 0.6) is 0 Å². The largest absolute Gasteiger partial charge is 0.347 e. The molecule has 2 rings (SSSR count). The van der Waals surface area contributed by atoms with Crippen molar-refractivity contribution in [2.45, 2.75) is 6.54 Å². The molecule has 0 atom stereocenters. The smallest absolute Gasteiger partial charge is 0.270 e. The number of amides is 1. The molecule has 1 aromatic heterocycles. The van der Waals surface area contributed by atoms with Gasteiger partial charge in [0.25, 0.3) is 5.91 Å². The third kappa shape index (κ3) is 3.31. The van der Waals surface area contributed by atoms with E-state index in [1.165, 1.54) is 6.20 Å². The molecule has 0 saturated carbocycles. The summed E-state index contributed by atoms with van der Waals surface area (Å²) in [5.41, 5.74) is 4.75. The van der Waals surface area contributed by atoms with Crippen LogP contribution >= 0.6 is 0 Å². The van der Waals surface area contributed by atoms with Crippen LogP contribution < -0.4 is 16.6 Å². The maximum atomic E-state index is 11.9. The number of carbonyl (C=O) groups excluding carboxylic acids is 1. The van der Waals surface area contributed by atoms with E-state index >= 15 is 0 Å². The Kier molecular flexibility index (Phi) is 4.27. The molecule has 0 unspecified atom stereocenters. The van der Waals surface area contributed by atoms with E-state index in [0.717, 1.165) is 5.56 Å². The summed E-state index contributed by atoms with van der Waals surface area (Å²) < 4.78 is 0. The Hall–Kier alpha value is -2.91. The number of nitrogens with zero attached hydrogens (tertiary/aromatic N) is 2. The van der Waals surface area contributed by atoms with Crippen LogP contribution in [0.25, 0.3) is 0 Å². The first-order chi connectivity index (χ1) is 9.72. The Morgan fingerprint density at radius 2 is 2.20 bits per heavy atom. The number of hydrogen-bond donors (Lipinski definition) is 3. The third-order valence-electron chi connectivity index (χ3n) is 2.67. The summed E-state index contributed by atoms with van der Waals surface area (Å²) in [5, 5.41) is 11.5. The van der Waals surface area contributed by atoms with Crippen molar-refractivity contribution in [3.63, 3.8) is 0 Å². The van der Waals surface area contributed by atoms with Crippen LogP contribution in [0.15, 0.2) is 42.6 Å². The standard InChI is InChI=1S/C14H13N5O/c15-8-10-2-1-3-11(6-10)9-18-14(20)13-7-12(19-16)4-5-17-13/h1-7H,9,16H2,(H,17,19)(H,18,20). The lowest BCUT2D eigenvalue weighted by atomic mass is 10.1. The normalized spacial score (nSPS) is 9.60. The Labute approximate surface area is 116 Å². The second-order valence-corrected chi connectivity index (χ2v) is 4.07. The second kappa shape index (κ2) is 6.31. The highest BCUT2D eigenvalue weighted by Gasteiger charge is 2.07. The first kappa shape index (κ1) is 13.5. The molecule has 100 valence electrons. The summed E-state index contributed by atoms with van der Waals surface area (Å²) in [6, 6.07) is 12.3. The van der Waals surface area contributed by atoms with Gasteiger partial charge in [0, 0.05) is 12.7 Å². The Bertz CT molecular complexity index is 663. The van der Waals surface area contributed by atoms with Crippen molar-refractivity contribution >= 4 is 11.6 Å². The van der Waals surface area contributed by atoms with Crippen LogP contribution in [0.4, 0.5) is 5.69 Å². The van der Waals surface area contributed by atoms with Crippen molar-refractivity contribution in [3.05, 3.63) is 59.4 Å². The first-order valence-corrected chi connectivity index (χ1v) is 5.93. The lowest BCUT2D eigenvalue weighted by Crippen LogP contribution is -2.24. The molecule has 1 amide bonds. The van der Waals surface area contributed by atoms with E-state index in [1.807, 2.05) is 6.07 Å². The number of nitrogens with one attached hydrogen (secondary N) is 2. The quantitative estimate of drug-likeness (QED) is 0.570. The van der Waals surface area contributed by atoms with Crippen molar-refractivity contribution in [3.8, 4) is 6.07 Å². The zero-order chi connectivity index (χ0) is 14.4. The van der Waals surface area contributed by atoms with Gasteiger partial charge in [-0.25, -0.2) is 0 Å². The predicted octanol–water partition coefficient (Wildman–Crippen LogP) is 1.17. The minimum absolute atomic E-state index is 0.275. The topological polar surface area (TPSA) is 104 Å². The summed E-state index contributed by atoms with van der Waals surface area (Å²) >= 11 is 0. The maximum Gasteiger partial charge on any atom is 0.270 e. The zero-order valence-electron chi connectivity index (χ0n) is 10.6. The summed E-state index contributed by atoms with van der Waals surface area (Å²) in [4.78, 5) is 15.9. The van der Waals surface area contributed by atoms with E-state index in [0.29, 0.717) is 17.8 Å².